The molecule has 0 radical (unpaired) electrons. The molecule has 1 saturated heterocycles. The number of carbonyl (C=O) groups is 1. The molecule has 0 unspecified atom stereocenters. The molecule has 1 fully saturated rings. The molecule has 0 spiro atoms. The van der Waals surface area contributed by atoms with E-state index in [1.165, 1.54) is 0 Å². The lowest BCUT2D eigenvalue weighted by Crippen LogP contribution is -2.61. The second-order valence-corrected chi connectivity index (χ2v) is 6.17. The molecule has 4 heteroatoms. The van der Waals surface area contributed by atoms with Crippen LogP contribution < -0.4 is 10.6 Å². The molecule has 0 bridgehead atoms. The van der Waals surface area contributed by atoms with Crippen molar-refractivity contribution in [3.05, 3.63) is 29.3 Å². The van der Waals surface area contributed by atoms with Crippen molar-refractivity contribution in [3.63, 3.8) is 0 Å². The quantitative estimate of drug-likeness (QED) is 0.879. The first-order valence-electron chi connectivity index (χ1n) is 8.38. The van der Waals surface area contributed by atoms with Gasteiger partial charge in [-0.15, -0.1) is 0 Å². The summed E-state index contributed by atoms with van der Waals surface area (Å²) in [5.41, 5.74) is 2.83. The van der Waals surface area contributed by atoms with Gasteiger partial charge < -0.3 is 10.6 Å². The van der Waals surface area contributed by atoms with E-state index in [-0.39, 0.29) is 11.4 Å². The molecule has 0 aromatic heterocycles. The molecule has 0 atom stereocenters. The molecule has 1 aliphatic rings. The van der Waals surface area contributed by atoms with E-state index in [0.29, 0.717) is 0 Å². The Bertz CT molecular complexity index is 497. The number of hydrogen-bond donors (Lipinski definition) is 2. The standard InChI is InChI=1S/C18H29N3O/c1-5-21(6-2)18(10-12-19-13-11-18)17(22)20-16-14(3)8-7-9-15(16)4/h7-9,19H,5-6,10-13H2,1-4H3,(H,20,22). The average molecular weight is 303 g/mol. The van der Waals surface area contributed by atoms with Crippen LogP contribution in [0.5, 0.6) is 0 Å². The molecule has 2 N–H and O–H groups in total. The zero-order valence-electron chi connectivity index (χ0n) is 14.3. The molecular formula is C18H29N3O. The summed E-state index contributed by atoms with van der Waals surface area (Å²) < 4.78 is 0. The second-order valence-electron chi connectivity index (χ2n) is 6.17. The van der Waals surface area contributed by atoms with Crippen LogP contribution in [-0.2, 0) is 4.79 Å². The van der Waals surface area contributed by atoms with E-state index in [1.54, 1.807) is 0 Å². The van der Waals surface area contributed by atoms with Gasteiger partial charge in [-0.2, -0.15) is 0 Å². The van der Waals surface area contributed by atoms with Gasteiger partial charge in [0.15, 0.2) is 0 Å². The zero-order valence-corrected chi connectivity index (χ0v) is 14.3. The maximum Gasteiger partial charge on any atom is 0.245 e. The van der Waals surface area contributed by atoms with Crippen LogP contribution in [0.2, 0.25) is 0 Å². The number of likely N-dealkylation sites (N-methyl/N-ethyl adjacent to an activating group) is 1. The Balaban J connectivity index is 2.30. The van der Waals surface area contributed by atoms with Crippen LogP contribution in [0.4, 0.5) is 5.69 Å². The van der Waals surface area contributed by atoms with E-state index in [9.17, 15) is 4.79 Å². The number of carbonyl (C=O) groups excluding carboxylic acids is 1. The summed E-state index contributed by atoms with van der Waals surface area (Å²) in [6.07, 6.45) is 1.73. The maximum absolute atomic E-state index is 13.2. The van der Waals surface area contributed by atoms with E-state index >= 15 is 0 Å². The third kappa shape index (κ3) is 3.18. The predicted octanol–water partition coefficient (Wildman–Crippen LogP) is 2.71. The summed E-state index contributed by atoms with van der Waals surface area (Å²) in [7, 11) is 0. The topological polar surface area (TPSA) is 44.4 Å². The lowest BCUT2D eigenvalue weighted by Gasteiger charge is -2.44. The summed E-state index contributed by atoms with van der Waals surface area (Å²) in [6.45, 7) is 12.0. The van der Waals surface area contributed by atoms with Gasteiger partial charge in [-0.25, -0.2) is 0 Å². The van der Waals surface area contributed by atoms with Gasteiger partial charge in [0.2, 0.25) is 5.91 Å². The van der Waals surface area contributed by atoms with Crippen molar-refractivity contribution in [3.8, 4) is 0 Å². The summed E-state index contributed by atoms with van der Waals surface area (Å²) >= 11 is 0. The Labute approximate surface area is 134 Å². The molecule has 0 aliphatic carbocycles. The smallest absolute Gasteiger partial charge is 0.245 e. The van der Waals surface area contributed by atoms with Gasteiger partial charge >= 0.3 is 0 Å². The van der Waals surface area contributed by atoms with Gasteiger partial charge in [0.05, 0.1) is 0 Å². The van der Waals surface area contributed by atoms with Crippen molar-refractivity contribution in [2.24, 2.45) is 0 Å². The van der Waals surface area contributed by atoms with E-state index in [2.05, 4.69) is 55.4 Å². The van der Waals surface area contributed by atoms with Crippen molar-refractivity contribution in [2.75, 3.05) is 31.5 Å². The number of benzene rings is 1. The molecule has 2 rings (SSSR count). The lowest BCUT2D eigenvalue weighted by molar-refractivity contribution is -0.130. The summed E-state index contributed by atoms with van der Waals surface area (Å²) in [6, 6.07) is 6.13. The molecule has 1 heterocycles. The van der Waals surface area contributed by atoms with Gasteiger partial charge in [0, 0.05) is 5.69 Å². The minimum absolute atomic E-state index is 0.148. The van der Waals surface area contributed by atoms with Crippen LogP contribution in [0, 0.1) is 13.8 Å². The molecule has 4 nitrogen and oxygen atoms in total. The van der Waals surface area contributed by atoms with Gasteiger partial charge in [0.1, 0.15) is 5.54 Å². The van der Waals surface area contributed by atoms with E-state index in [0.717, 1.165) is 55.8 Å². The summed E-state index contributed by atoms with van der Waals surface area (Å²) in [5.74, 6) is 0.148. The maximum atomic E-state index is 13.2. The highest BCUT2D eigenvalue weighted by Gasteiger charge is 2.43. The van der Waals surface area contributed by atoms with Gasteiger partial charge in [0.25, 0.3) is 0 Å². The number of amides is 1. The molecule has 22 heavy (non-hydrogen) atoms. The Morgan fingerprint density at radius 1 is 1.18 bits per heavy atom. The number of anilines is 1. The van der Waals surface area contributed by atoms with Crippen molar-refractivity contribution in [2.45, 2.75) is 46.1 Å². The third-order valence-electron chi connectivity index (χ3n) is 4.94. The number of aryl methyl sites for hydroxylation is 2. The first-order valence-corrected chi connectivity index (χ1v) is 8.38. The van der Waals surface area contributed by atoms with E-state index in [1.807, 2.05) is 6.07 Å². The Hall–Kier alpha value is -1.39. The number of para-hydroxylation sites is 1. The van der Waals surface area contributed by atoms with Crippen molar-refractivity contribution in [1.82, 2.24) is 10.2 Å². The van der Waals surface area contributed by atoms with Crippen LogP contribution in [0.15, 0.2) is 18.2 Å². The minimum Gasteiger partial charge on any atom is -0.324 e. The normalized spacial score (nSPS) is 17.5. The van der Waals surface area contributed by atoms with Crippen molar-refractivity contribution >= 4 is 11.6 Å². The zero-order chi connectivity index (χ0) is 16.2. The lowest BCUT2D eigenvalue weighted by atomic mass is 9.85. The Morgan fingerprint density at radius 2 is 1.73 bits per heavy atom. The molecule has 1 aromatic carbocycles. The highest BCUT2D eigenvalue weighted by Crippen LogP contribution is 2.29. The third-order valence-corrected chi connectivity index (χ3v) is 4.94. The molecule has 1 aromatic rings. The van der Waals surface area contributed by atoms with Crippen LogP contribution >= 0.6 is 0 Å². The highest BCUT2D eigenvalue weighted by atomic mass is 16.2. The molecule has 1 aliphatic heterocycles. The van der Waals surface area contributed by atoms with Crippen LogP contribution in [0.3, 0.4) is 0 Å². The van der Waals surface area contributed by atoms with Gasteiger partial charge in [-0.1, -0.05) is 32.0 Å². The number of hydrogen-bond acceptors (Lipinski definition) is 3. The van der Waals surface area contributed by atoms with Crippen molar-refractivity contribution < 1.29 is 4.79 Å². The average Bonchev–Trinajstić information content (AvgIpc) is 2.53. The summed E-state index contributed by atoms with van der Waals surface area (Å²) in [4.78, 5) is 15.5. The van der Waals surface area contributed by atoms with Crippen LogP contribution in [0.25, 0.3) is 0 Å². The molecule has 122 valence electrons. The minimum atomic E-state index is -0.385. The Morgan fingerprint density at radius 3 is 2.23 bits per heavy atom. The monoisotopic (exact) mass is 303 g/mol. The molecule has 0 saturated carbocycles. The van der Waals surface area contributed by atoms with Crippen LogP contribution in [-0.4, -0.2) is 42.5 Å². The number of nitrogens with zero attached hydrogens (tertiary/aromatic N) is 1. The fourth-order valence-electron chi connectivity index (χ4n) is 3.60. The first kappa shape index (κ1) is 17.0. The molecular weight excluding hydrogens is 274 g/mol. The fourth-order valence-corrected chi connectivity index (χ4v) is 3.60. The van der Waals surface area contributed by atoms with Crippen molar-refractivity contribution in [1.29, 1.82) is 0 Å². The highest BCUT2D eigenvalue weighted by molar-refractivity contribution is 5.99. The first-order chi connectivity index (χ1) is 10.5. The number of piperidine rings is 1. The Kier molecular flexibility index (Phi) is 5.59. The predicted molar refractivity (Wildman–Crippen MR) is 92.3 cm³/mol. The van der Waals surface area contributed by atoms with E-state index in [4.69, 9.17) is 0 Å². The van der Waals surface area contributed by atoms with Gasteiger partial charge in [-0.3, -0.25) is 9.69 Å². The second kappa shape index (κ2) is 7.25. The summed E-state index contributed by atoms with van der Waals surface area (Å²) in [5, 5.41) is 6.61. The SMILES string of the molecule is CCN(CC)C1(C(=O)Nc2c(C)cccc2C)CCNCC1. The number of nitrogens with one attached hydrogen (secondary N) is 2. The largest absolute Gasteiger partial charge is 0.324 e. The van der Waals surface area contributed by atoms with Gasteiger partial charge in [-0.05, 0) is 64.0 Å². The van der Waals surface area contributed by atoms with E-state index < -0.39 is 0 Å². The number of rotatable bonds is 5. The fraction of sp³-hybridized carbons (Fsp3) is 0.611. The molecule has 1 amide bonds. The van der Waals surface area contributed by atoms with Crippen LogP contribution in [0.1, 0.15) is 37.8 Å².